The van der Waals surface area contributed by atoms with Crippen molar-refractivity contribution in [2.45, 2.75) is 32.0 Å². The molecule has 0 aromatic heterocycles. The van der Waals surface area contributed by atoms with Crippen LogP contribution in [0.5, 0.6) is 0 Å². The van der Waals surface area contributed by atoms with Crippen LogP contribution in [0.25, 0.3) is 0 Å². The van der Waals surface area contributed by atoms with Crippen molar-refractivity contribution in [3.8, 4) is 0 Å². The molecule has 0 radical (unpaired) electrons. The fraction of sp³-hybridized carbons (Fsp3) is 0.917. The first-order valence-electron chi connectivity index (χ1n) is 6.37. The van der Waals surface area contributed by atoms with Crippen LogP contribution < -0.4 is 5.73 Å². The summed E-state index contributed by atoms with van der Waals surface area (Å²) >= 11 is 0. The summed E-state index contributed by atoms with van der Waals surface area (Å²) in [4.78, 5) is 16.3. The highest BCUT2D eigenvalue weighted by Gasteiger charge is 2.41. The zero-order valence-electron chi connectivity index (χ0n) is 11.3. The monoisotopic (exact) mass is 277 g/mol. The van der Waals surface area contributed by atoms with E-state index in [-0.39, 0.29) is 36.4 Å². The fourth-order valence-corrected chi connectivity index (χ4v) is 2.53. The van der Waals surface area contributed by atoms with Gasteiger partial charge in [0.1, 0.15) is 0 Å². The third kappa shape index (κ3) is 2.96. The number of ether oxygens (including phenoxy) is 1. The third-order valence-corrected chi connectivity index (χ3v) is 3.89. The summed E-state index contributed by atoms with van der Waals surface area (Å²) in [7, 11) is 2.09. The van der Waals surface area contributed by atoms with Crippen LogP contribution in [0, 0.1) is 5.92 Å². The van der Waals surface area contributed by atoms with Gasteiger partial charge >= 0.3 is 0 Å². The number of rotatable bonds is 2. The van der Waals surface area contributed by atoms with E-state index in [1.807, 2.05) is 18.7 Å². The first kappa shape index (κ1) is 15.7. The normalized spacial score (nSPS) is 29.9. The Morgan fingerprint density at radius 1 is 1.39 bits per heavy atom. The van der Waals surface area contributed by atoms with Crippen LogP contribution >= 0.6 is 12.4 Å². The lowest BCUT2D eigenvalue weighted by molar-refractivity contribution is -0.133. The summed E-state index contributed by atoms with van der Waals surface area (Å²) in [6.45, 7) is 7.10. The highest BCUT2D eigenvalue weighted by atomic mass is 35.5. The summed E-state index contributed by atoms with van der Waals surface area (Å²) in [5.74, 6) is 0.246. The zero-order chi connectivity index (χ0) is 12.6. The number of hydrogen-bond acceptors (Lipinski definition) is 4. The zero-order valence-corrected chi connectivity index (χ0v) is 12.2. The quantitative estimate of drug-likeness (QED) is 0.768. The topological polar surface area (TPSA) is 58.8 Å². The van der Waals surface area contributed by atoms with Crippen LogP contribution in [0.3, 0.4) is 0 Å². The van der Waals surface area contributed by atoms with Gasteiger partial charge in [-0.15, -0.1) is 12.4 Å². The molecule has 0 spiro atoms. The molecule has 6 heteroatoms. The van der Waals surface area contributed by atoms with Crippen LogP contribution in [0.2, 0.25) is 0 Å². The van der Waals surface area contributed by atoms with Crippen LogP contribution in [-0.2, 0) is 9.53 Å². The number of nitrogens with two attached hydrogens (primary N) is 1. The molecule has 0 saturated carbocycles. The largest absolute Gasteiger partial charge is 0.373 e. The summed E-state index contributed by atoms with van der Waals surface area (Å²) in [5.41, 5.74) is 5.92. The van der Waals surface area contributed by atoms with Crippen molar-refractivity contribution in [1.82, 2.24) is 9.80 Å². The minimum atomic E-state index is -0.388. The number of carbonyl (C=O) groups is 1. The van der Waals surface area contributed by atoms with Crippen molar-refractivity contribution in [2.24, 2.45) is 11.7 Å². The van der Waals surface area contributed by atoms with E-state index in [4.69, 9.17) is 10.5 Å². The number of fused-ring (bicyclic) bond motifs is 1. The fourth-order valence-electron chi connectivity index (χ4n) is 2.53. The van der Waals surface area contributed by atoms with Gasteiger partial charge in [0, 0.05) is 19.6 Å². The molecule has 3 atom stereocenters. The second-order valence-electron chi connectivity index (χ2n) is 5.47. The maximum Gasteiger partial charge on any atom is 0.239 e. The molecule has 5 nitrogen and oxygen atoms in total. The maximum absolute atomic E-state index is 12.2. The van der Waals surface area contributed by atoms with E-state index >= 15 is 0 Å². The molecule has 2 rings (SSSR count). The predicted octanol–water partition coefficient (Wildman–Crippen LogP) is -0.0671. The van der Waals surface area contributed by atoms with E-state index in [1.165, 1.54) is 0 Å². The van der Waals surface area contributed by atoms with Crippen molar-refractivity contribution in [2.75, 3.05) is 33.3 Å². The molecule has 2 saturated heterocycles. The molecule has 0 aromatic carbocycles. The Kier molecular flexibility index (Phi) is 5.40. The molecular weight excluding hydrogens is 254 g/mol. The van der Waals surface area contributed by atoms with E-state index in [9.17, 15) is 4.79 Å². The van der Waals surface area contributed by atoms with E-state index in [0.29, 0.717) is 12.6 Å². The number of nitrogens with zero attached hydrogens (tertiary/aromatic N) is 2. The lowest BCUT2D eigenvalue weighted by Crippen LogP contribution is -2.48. The Hall–Kier alpha value is -0.360. The Morgan fingerprint density at radius 3 is 2.61 bits per heavy atom. The maximum atomic E-state index is 12.2. The SMILES string of the molecule is CC(C)[C@H](N)C(=O)N1CC2OCCN(C)C2C1.Cl. The number of halogens is 1. The van der Waals surface area contributed by atoms with Gasteiger partial charge in [0.15, 0.2) is 0 Å². The average Bonchev–Trinajstić information content (AvgIpc) is 2.72. The molecule has 0 aromatic rings. The summed E-state index contributed by atoms with van der Waals surface area (Å²) in [6.07, 6.45) is 0.164. The molecule has 2 unspecified atom stereocenters. The minimum Gasteiger partial charge on any atom is -0.373 e. The highest BCUT2D eigenvalue weighted by molar-refractivity contribution is 5.85. The average molecular weight is 278 g/mol. The molecule has 2 fully saturated rings. The lowest BCUT2D eigenvalue weighted by atomic mass is 10.0. The Bertz CT molecular complexity index is 301. The van der Waals surface area contributed by atoms with Crippen LogP contribution in [0.4, 0.5) is 0 Å². The first-order chi connectivity index (χ1) is 8.00. The van der Waals surface area contributed by atoms with Gasteiger partial charge in [-0.1, -0.05) is 13.8 Å². The number of morpholine rings is 1. The van der Waals surface area contributed by atoms with Crippen molar-refractivity contribution >= 4 is 18.3 Å². The molecule has 2 aliphatic rings. The highest BCUT2D eigenvalue weighted by Crippen LogP contribution is 2.22. The number of likely N-dealkylation sites (N-methyl/N-ethyl adjacent to an activating group) is 1. The van der Waals surface area contributed by atoms with Gasteiger partial charge in [-0.3, -0.25) is 9.69 Å². The molecule has 2 N–H and O–H groups in total. The van der Waals surface area contributed by atoms with Crippen molar-refractivity contribution in [3.63, 3.8) is 0 Å². The van der Waals surface area contributed by atoms with E-state index in [0.717, 1.165) is 19.7 Å². The number of likely N-dealkylation sites (tertiary alicyclic amines) is 1. The Balaban J connectivity index is 0.00000162. The smallest absolute Gasteiger partial charge is 0.239 e. The molecular formula is C12H24ClN3O2. The molecule has 106 valence electrons. The van der Waals surface area contributed by atoms with Gasteiger partial charge in [-0.2, -0.15) is 0 Å². The molecule has 1 amide bonds. The van der Waals surface area contributed by atoms with Crippen molar-refractivity contribution in [1.29, 1.82) is 0 Å². The van der Waals surface area contributed by atoms with E-state index < -0.39 is 0 Å². The number of amides is 1. The van der Waals surface area contributed by atoms with Crippen molar-refractivity contribution in [3.05, 3.63) is 0 Å². The summed E-state index contributed by atoms with van der Waals surface area (Å²) in [6, 6.07) is -0.0486. The van der Waals surface area contributed by atoms with Gasteiger partial charge < -0.3 is 15.4 Å². The molecule has 0 bridgehead atoms. The number of carbonyl (C=O) groups excluding carboxylic acids is 1. The predicted molar refractivity (Wildman–Crippen MR) is 72.8 cm³/mol. The van der Waals surface area contributed by atoms with Crippen LogP contribution in [0.1, 0.15) is 13.8 Å². The van der Waals surface area contributed by atoms with Crippen LogP contribution in [0.15, 0.2) is 0 Å². The lowest BCUT2D eigenvalue weighted by Gasteiger charge is -2.33. The van der Waals surface area contributed by atoms with Gasteiger partial charge in [0.25, 0.3) is 0 Å². The molecule has 0 aliphatic carbocycles. The standard InChI is InChI=1S/C12H23N3O2.ClH/c1-8(2)11(13)12(16)15-6-9-10(7-15)17-5-4-14(9)3;/h8-11H,4-7,13H2,1-3H3;1H/t9?,10?,11-;/m0./s1. The second-order valence-corrected chi connectivity index (χ2v) is 5.47. The molecule has 2 heterocycles. The molecule has 18 heavy (non-hydrogen) atoms. The van der Waals surface area contributed by atoms with Gasteiger partial charge in [-0.25, -0.2) is 0 Å². The third-order valence-electron chi connectivity index (χ3n) is 3.89. The summed E-state index contributed by atoms with van der Waals surface area (Å²) < 4.78 is 5.72. The Morgan fingerprint density at radius 2 is 2.06 bits per heavy atom. The molecule has 2 aliphatic heterocycles. The van der Waals surface area contributed by atoms with Crippen LogP contribution in [-0.4, -0.2) is 67.2 Å². The van der Waals surface area contributed by atoms with E-state index in [1.54, 1.807) is 0 Å². The first-order valence-corrected chi connectivity index (χ1v) is 6.37. The second kappa shape index (κ2) is 6.19. The van der Waals surface area contributed by atoms with Gasteiger partial charge in [0.05, 0.1) is 24.8 Å². The number of hydrogen-bond donors (Lipinski definition) is 1. The van der Waals surface area contributed by atoms with E-state index in [2.05, 4.69) is 11.9 Å². The minimum absolute atomic E-state index is 0. The van der Waals surface area contributed by atoms with Gasteiger partial charge in [0.2, 0.25) is 5.91 Å². The summed E-state index contributed by atoms with van der Waals surface area (Å²) in [5, 5.41) is 0. The Labute approximate surface area is 115 Å². The van der Waals surface area contributed by atoms with Gasteiger partial charge in [-0.05, 0) is 13.0 Å². The van der Waals surface area contributed by atoms with Crippen molar-refractivity contribution < 1.29 is 9.53 Å².